The molecule has 0 aromatic rings. The van der Waals surface area contributed by atoms with Crippen LogP contribution in [0, 0.1) is 0 Å². The molecule has 0 atom stereocenters. The number of carbonyl (C=O) groups is 1. The van der Waals surface area contributed by atoms with Crippen molar-refractivity contribution in [2.24, 2.45) is 0 Å². The Kier molecular flexibility index (Phi) is 9.86. The predicted molar refractivity (Wildman–Crippen MR) is 108 cm³/mol. The molecule has 2 nitrogen and oxygen atoms in total. The summed E-state index contributed by atoms with van der Waals surface area (Å²) in [5, 5.41) is 1.07. The molecule has 0 radical (unpaired) electrons. The lowest BCUT2D eigenvalue weighted by molar-refractivity contribution is -0.104. The van der Waals surface area contributed by atoms with Gasteiger partial charge in [0, 0.05) is 0 Å². The summed E-state index contributed by atoms with van der Waals surface area (Å²) < 4.78 is 6.60. The average molecular weight is 357 g/mol. The molecule has 23 heavy (non-hydrogen) atoms. The summed E-state index contributed by atoms with van der Waals surface area (Å²) in [6, 6.07) is 3.43. The molecule has 0 aromatic carbocycles. The zero-order chi connectivity index (χ0) is 18.3. The first-order valence-electron chi connectivity index (χ1n) is 9.48. The Morgan fingerprint density at radius 1 is 0.870 bits per heavy atom. The first-order chi connectivity index (χ1) is 10.7. The lowest BCUT2D eigenvalue weighted by Gasteiger charge is -2.42. The molecule has 0 heterocycles. The quantitative estimate of drug-likeness (QED) is 0.245. The molecule has 0 bridgehead atoms. The molecule has 0 fully saturated rings. The third kappa shape index (κ3) is 4.89. The van der Waals surface area contributed by atoms with E-state index in [1.807, 2.05) is 0 Å². The monoisotopic (exact) mass is 356 g/mol. The van der Waals surface area contributed by atoms with Gasteiger partial charge in [0.1, 0.15) is 6.29 Å². The zero-order valence-corrected chi connectivity index (χ0v) is 19.0. The molecule has 0 aliphatic rings. The van der Waals surface area contributed by atoms with E-state index >= 15 is 0 Å². The van der Waals surface area contributed by atoms with Gasteiger partial charge < -0.3 is 4.43 Å². The van der Waals surface area contributed by atoms with Gasteiger partial charge in [0.25, 0.3) is 0 Å². The van der Waals surface area contributed by atoms with Crippen molar-refractivity contribution in [3.63, 3.8) is 0 Å². The zero-order valence-electron chi connectivity index (χ0n) is 17.0. The van der Waals surface area contributed by atoms with E-state index < -0.39 is 16.4 Å². The van der Waals surface area contributed by atoms with Crippen molar-refractivity contribution in [3.8, 4) is 0 Å². The highest BCUT2D eigenvalue weighted by molar-refractivity contribution is 6.89. The summed E-state index contributed by atoms with van der Waals surface area (Å²) in [4.78, 5) is 11.7. The van der Waals surface area contributed by atoms with Crippen LogP contribution in [0.5, 0.6) is 0 Å². The van der Waals surface area contributed by atoms with E-state index in [2.05, 4.69) is 68.4 Å². The second kappa shape index (κ2) is 9.95. The highest BCUT2D eigenvalue weighted by atomic mass is 28.4. The van der Waals surface area contributed by atoms with Gasteiger partial charge in [0.05, 0.1) is 14.7 Å². The van der Waals surface area contributed by atoms with Gasteiger partial charge in [-0.15, -0.1) is 0 Å². The Hall–Kier alpha value is -0.196. The summed E-state index contributed by atoms with van der Waals surface area (Å²) in [5.74, 6) is 0. The van der Waals surface area contributed by atoms with Crippen LogP contribution in [0.25, 0.3) is 0 Å². The number of hydrogen-bond donors (Lipinski definition) is 0. The molecular formula is C19H40O2Si2. The van der Waals surface area contributed by atoms with Gasteiger partial charge in [-0.3, -0.25) is 4.79 Å². The highest BCUT2D eigenvalue weighted by Crippen LogP contribution is 2.42. The van der Waals surface area contributed by atoms with E-state index in [-0.39, 0.29) is 0 Å². The van der Waals surface area contributed by atoms with Crippen molar-refractivity contribution in [2.75, 3.05) is 6.61 Å². The van der Waals surface area contributed by atoms with E-state index in [0.29, 0.717) is 23.2 Å². The fourth-order valence-corrected chi connectivity index (χ4v) is 13.4. The summed E-state index contributed by atoms with van der Waals surface area (Å²) in [7, 11) is -3.44. The van der Waals surface area contributed by atoms with Crippen LogP contribution in [0.4, 0.5) is 0 Å². The minimum absolute atomic E-state index is 0.584. The van der Waals surface area contributed by atoms with Crippen LogP contribution in [0.3, 0.4) is 0 Å². The largest absolute Gasteiger partial charge is 0.412 e. The Morgan fingerprint density at radius 3 is 1.52 bits per heavy atom. The summed E-state index contributed by atoms with van der Waals surface area (Å²) >= 11 is 0. The number of aldehydes is 1. The van der Waals surface area contributed by atoms with Crippen molar-refractivity contribution in [3.05, 3.63) is 11.3 Å². The van der Waals surface area contributed by atoms with Gasteiger partial charge in [-0.2, -0.15) is 0 Å². The maximum Gasteiger partial charge on any atom is 0.200 e. The number of allylic oxidation sites excluding steroid dienone is 1. The molecule has 0 aromatic heterocycles. The standard InChI is InChI=1S/C19H40O2Si2/c1-10-22(11-2,12-3)19(15-20)13-14-21-23(16(4)5,17(6)7)18(8)9/h13,15-18H,10-12,14H2,1-9H3/b19-13+. The van der Waals surface area contributed by atoms with Crippen molar-refractivity contribution in [2.45, 2.75) is 97.1 Å². The Balaban J connectivity index is 5.43. The molecule has 0 rings (SSSR count). The minimum atomic E-state index is -1.84. The van der Waals surface area contributed by atoms with Crippen LogP contribution in [0.2, 0.25) is 34.8 Å². The molecule has 0 amide bonds. The van der Waals surface area contributed by atoms with Crippen molar-refractivity contribution < 1.29 is 9.22 Å². The third-order valence-electron chi connectivity index (χ3n) is 6.11. The maximum atomic E-state index is 11.7. The molecule has 0 aliphatic carbocycles. The number of hydrogen-bond acceptors (Lipinski definition) is 2. The van der Waals surface area contributed by atoms with Crippen LogP contribution in [0.15, 0.2) is 11.3 Å². The van der Waals surface area contributed by atoms with E-state index in [0.717, 1.165) is 29.6 Å². The van der Waals surface area contributed by atoms with Crippen LogP contribution in [0.1, 0.15) is 62.3 Å². The molecule has 0 spiro atoms. The molecule has 0 saturated carbocycles. The van der Waals surface area contributed by atoms with Crippen LogP contribution in [-0.2, 0) is 9.22 Å². The summed E-state index contributed by atoms with van der Waals surface area (Å²) in [6.07, 6.45) is 3.25. The second-order valence-corrected chi connectivity index (χ2v) is 18.5. The molecule has 0 unspecified atom stereocenters. The smallest absolute Gasteiger partial charge is 0.200 e. The van der Waals surface area contributed by atoms with Crippen LogP contribution in [-0.4, -0.2) is 29.3 Å². The summed E-state index contributed by atoms with van der Waals surface area (Å²) in [6.45, 7) is 21.2. The molecular weight excluding hydrogens is 316 g/mol. The molecule has 0 aliphatic heterocycles. The normalized spacial score (nSPS) is 14.2. The fraction of sp³-hybridized carbons (Fsp3) is 0.842. The number of carbonyl (C=O) groups excluding carboxylic acids is 1. The van der Waals surface area contributed by atoms with Gasteiger partial charge in [-0.05, 0) is 21.8 Å². The van der Waals surface area contributed by atoms with E-state index in [1.54, 1.807) is 0 Å². The lowest BCUT2D eigenvalue weighted by atomic mass is 10.5. The van der Waals surface area contributed by atoms with Gasteiger partial charge >= 0.3 is 0 Å². The molecule has 136 valence electrons. The minimum Gasteiger partial charge on any atom is -0.412 e. The maximum absolute atomic E-state index is 11.7. The van der Waals surface area contributed by atoms with Crippen molar-refractivity contribution >= 4 is 22.7 Å². The fourth-order valence-electron chi connectivity index (χ4n) is 4.53. The van der Waals surface area contributed by atoms with Crippen LogP contribution >= 0.6 is 0 Å². The molecule has 0 saturated heterocycles. The number of rotatable bonds is 11. The van der Waals surface area contributed by atoms with Gasteiger partial charge in [-0.1, -0.05) is 86.5 Å². The first kappa shape index (κ1) is 22.8. The third-order valence-corrected chi connectivity index (χ3v) is 17.8. The topological polar surface area (TPSA) is 26.3 Å². The molecule has 0 N–H and O–H groups in total. The average Bonchev–Trinajstić information content (AvgIpc) is 2.50. The highest BCUT2D eigenvalue weighted by Gasteiger charge is 2.44. The lowest BCUT2D eigenvalue weighted by Crippen LogP contribution is -2.48. The Labute approximate surface area is 147 Å². The molecule has 4 heteroatoms. The van der Waals surface area contributed by atoms with Crippen molar-refractivity contribution in [1.82, 2.24) is 0 Å². The Morgan fingerprint density at radius 2 is 1.26 bits per heavy atom. The van der Waals surface area contributed by atoms with Crippen molar-refractivity contribution in [1.29, 1.82) is 0 Å². The van der Waals surface area contributed by atoms with Crippen LogP contribution < -0.4 is 0 Å². The van der Waals surface area contributed by atoms with E-state index in [1.165, 1.54) is 0 Å². The summed E-state index contributed by atoms with van der Waals surface area (Å²) in [5.41, 5.74) is 1.75. The van der Waals surface area contributed by atoms with E-state index in [9.17, 15) is 4.79 Å². The Bertz CT molecular complexity index is 353. The van der Waals surface area contributed by atoms with E-state index in [4.69, 9.17) is 4.43 Å². The van der Waals surface area contributed by atoms with Gasteiger partial charge in [0.2, 0.25) is 8.32 Å². The SMILES string of the molecule is CC[Si](CC)(CC)/C(C=O)=C/CO[Si](C(C)C)(C(C)C)C(C)C. The first-order valence-corrected chi connectivity index (χ1v) is 14.2. The predicted octanol–water partition coefficient (Wildman–Crippen LogP) is 6.35. The van der Waals surface area contributed by atoms with Gasteiger partial charge in [0.15, 0.2) is 0 Å². The van der Waals surface area contributed by atoms with Gasteiger partial charge in [-0.25, -0.2) is 0 Å². The second-order valence-electron chi connectivity index (χ2n) is 7.75.